The van der Waals surface area contributed by atoms with E-state index < -0.39 is 0 Å². The minimum absolute atomic E-state index is 0.0971. The topological polar surface area (TPSA) is 64.1 Å². The molecule has 56 valence electrons. The first-order chi connectivity index (χ1) is 4.59. The fraction of sp³-hybridized carbons (Fsp3) is 0. The molecule has 0 aromatic carbocycles. The van der Waals surface area contributed by atoms with Gasteiger partial charge in [-0.05, 0) is 6.20 Å². The van der Waals surface area contributed by atoms with Crippen LogP contribution in [0.4, 0.5) is 0 Å². The van der Waals surface area contributed by atoms with Gasteiger partial charge in [0.1, 0.15) is 5.82 Å². The van der Waals surface area contributed by atoms with Crippen molar-refractivity contribution in [2.45, 2.75) is 0 Å². The Morgan fingerprint density at radius 3 is 2.10 bits per heavy atom. The zero-order chi connectivity index (χ0) is 8.15. The highest BCUT2D eigenvalue weighted by Gasteiger charge is 1.99. The Kier molecular flexibility index (Phi) is 3.43. The molecule has 0 aliphatic carbocycles. The van der Waals surface area contributed by atoms with Crippen LogP contribution in [0, 0.1) is 0 Å². The van der Waals surface area contributed by atoms with E-state index in [4.69, 9.17) is 23.1 Å². The Balaban J connectivity index is 4.42. The molecule has 0 amide bonds. The standard InChI is InChI=1S/C6H10ClN3/c1-3-10-5(4(2)7)6(8)9/h3,10H,1-2,8-9H2. The Hall–Kier alpha value is -1.09. The highest BCUT2D eigenvalue weighted by atomic mass is 35.5. The van der Waals surface area contributed by atoms with Gasteiger partial charge in [-0.2, -0.15) is 0 Å². The van der Waals surface area contributed by atoms with Gasteiger partial charge in [-0.25, -0.2) is 0 Å². The number of nitrogens with one attached hydrogen (secondary N) is 1. The van der Waals surface area contributed by atoms with Gasteiger partial charge >= 0.3 is 0 Å². The molecule has 0 radical (unpaired) electrons. The van der Waals surface area contributed by atoms with Crippen molar-refractivity contribution in [3.8, 4) is 0 Å². The van der Waals surface area contributed by atoms with Gasteiger partial charge in [0.2, 0.25) is 0 Å². The summed E-state index contributed by atoms with van der Waals surface area (Å²) in [5, 5.41) is 2.91. The average molecular weight is 160 g/mol. The van der Waals surface area contributed by atoms with E-state index in [1.807, 2.05) is 0 Å². The second-order valence-corrected chi connectivity index (χ2v) is 2.04. The fourth-order valence-corrected chi connectivity index (χ4v) is 0.584. The van der Waals surface area contributed by atoms with Gasteiger partial charge in [-0.15, -0.1) is 0 Å². The molecule has 0 saturated carbocycles. The van der Waals surface area contributed by atoms with E-state index in [0.717, 1.165) is 0 Å². The van der Waals surface area contributed by atoms with Crippen LogP contribution in [0.5, 0.6) is 0 Å². The van der Waals surface area contributed by atoms with E-state index in [0.29, 0.717) is 5.70 Å². The second kappa shape index (κ2) is 3.85. The number of nitrogens with two attached hydrogens (primary N) is 2. The molecule has 0 fully saturated rings. The summed E-state index contributed by atoms with van der Waals surface area (Å²) in [5.41, 5.74) is 10.9. The van der Waals surface area contributed by atoms with E-state index >= 15 is 0 Å². The predicted octanol–water partition coefficient (Wildman–Crippen LogP) is 0.558. The maximum absolute atomic E-state index is 5.49. The average Bonchev–Trinajstić information content (AvgIpc) is 1.81. The molecule has 0 spiro atoms. The highest BCUT2D eigenvalue weighted by molar-refractivity contribution is 6.31. The summed E-state index contributed by atoms with van der Waals surface area (Å²) in [6.45, 7) is 6.84. The molecule has 0 heterocycles. The molecule has 5 N–H and O–H groups in total. The SMILES string of the molecule is C=CNC(C(=C)Cl)=C(N)N. The minimum Gasteiger partial charge on any atom is -0.384 e. The fourth-order valence-electron chi connectivity index (χ4n) is 0.420. The van der Waals surface area contributed by atoms with Crippen molar-refractivity contribution in [2.24, 2.45) is 11.5 Å². The monoisotopic (exact) mass is 159 g/mol. The molecule has 0 aromatic rings. The molecule has 0 atom stereocenters. The van der Waals surface area contributed by atoms with Crippen LogP contribution in [0.2, 0.25) is 0 Å². The summed E-state index contributed by atoms with van der Waals surface area (Å²) in [5.74, 6) is 0.0971. The first-order valence-corrected chi connectivity index (χ1v) is 2.94. The first kappa shape index (κ1) is 8.91. The Labute approximate surface area is 65.0 Å². The smallest absolute Gasteiger partial charge is 0.119 e. The van der Waals surface area contributed by atoms with Gasteiger partial charge in [-0.1, -0.05) is 24.8 Å². The third-order valence-electron chi connectivity index (χ3n) is 0.806. The van der Waals surface area contributed by atoms with Crippen molar-refractivity contribution in [2.75, 3.05) is 0 Å². The van der Waals surface area contributed by atoms with Crippen molar-refractivity contribution in [1.82, 2.24) is 5.32 Å². The molecule has 0 aliphatic heterocycles. The number of rotatable bonds is 3. The zero-order valence-electron chi connectivity index (χ0n) is 5.52. The van der Waals surface area contributed by atoms with Crippen LogP contribution in [0.15, 0.2) is 35.9 Å². The summed E-state index contributed by atoms with van der Waals surface area (Å²) in [4.78, 5) is 0. The van der Waals surface area contributed by atoms with Crippen LogP contribution in [0.25, 0.3) is 0 Å². The lowest BCUT2D eigenvalue weighted by atomic mass is 10.4. The molecule has 0 unspecified atom stereocenters. The summed E-state index contributed by atoms with van der Waals surface area (Å²) in [7, 11) is 0. The minimum atomic E-state index is 0.0971. The normalized spacial score (nSPS) is 8.10. The van der Waals surface area contributed by atoms with Gasteiger partial charge in [0.05, 0.1) is 10.7 Å². The predicted molar refractivity (Wildman–Crippen MR) is 43.7 cm³/mol. The van der Waals surface area contributed by atoms with Crippen LogP contribution in [-0.2, 0) is 0 Å². The van der Waals surface area contributed by atoms with Gasteiger partial charge in [0.15, 0.2) is 0 Å². The molecular weight excluding hydrogens is 150 g/mol. The van der Waals surface area contributed by atoms with Crippen LogP contribution in [0.3, 0.4) is 0 Å². The highest BCUT2D eigenvalue weighted by Crippen LogP contribution is 2.08. The van der Waals surface area contributed by atoms with Gasteiger partial charge in [-0.3, -0.25) is 0 Å². The molecule has 10 heavy (non-hydrogen) atoms. The largest absolute Gasteiger partial charge is 0.384 e. The van der Waals surface area contributed by atoms with Gasteiger partial charge in [0.25, 0.3) is 0 Å². The number of allylic oxidation sites excluding steroid dienone is 1. The van der Waals surface area contributed by atoms with Crippen LogP contribution < -0.4 is 16.8 Å². The third kappa shape index (κ3) is 2.46. The van der Waals surface area contributed by atoms with Gasteiger partial charge in [0, 0.05) is 0 Å². The number of hydrogen-bond acceptors (Lipinski definition) is 3. The molecular formula is C6H10ClN3. The summed E-state index contributed by atoms with van der Waals surface area (Å²) in [6.07, 6.45) is 1.42. The van der Waals surface area contributed by atoms with Crippen molar-refractivity contribution in [3.63, 3.8) is 0 Å². The summed E-state index contributed by atoms with van der Waals surface area (Å²) in [6, 6.07) is 0. The molecule has 0 saturated heterocycles. The Morgan fingerprint density at radius 1 is 1.50 bits per heavy atom. The Morgan fingerprint density at radius 2 is 2.00 bits per heavy atom. The number of hydrogen-bond donors (Lipinski definition) is 3. The molecule has 0 aromatic heterocycles. The molecule has 4 heteroatoms. The van der Waals surface area contributed by atoms with Crippen molar-refractivity contribution >= 4 is 11.6 Å². The lowest BCUT2D eigenvalue weighted by Crippen LogP contribution is -2.19. The molecule has 0 bridgehead atoms. The first-order valence-electron chi connectivity index (χ1n) is 2.57. The van der Waals surface area contributed by atoms with Crippen molar-refractivity contribution in [1.29, 1.82) is 0 Å². The number of halogens is 1. The molecule has 0 aliphatic rings. The maximum Gasteiger partial charge on any atom is 0.119 e. The van der Waals surface area contributed by atoms with Crippen LogP contribution in [-0.4, -0.2) is 0 Å². The third-order valence-corrected chi connectivity index (χ3v) is 0.995. The van der Waals surface area contributed by atoms with E-state index in [9.17, 15) is 0 Å². The lowest BCUT2D eigenvalue weighted by Gasteiger charge is -2.05. The summed E-state index contributed by atoms with van der Waals surface area (Å²) >= 11 is 5.49. The summed E-state index contributed by atoms with van der Waals surface area (Å²) < 4.78 is 0. The lowest BCUT2D eigenvalue weighted by molar-refractivity contribution is 1.03. The maximum atomic E-state index is 5.49. The van der Waals surface area contributed by atoms with Crippen LogP contribution in [0.1, 0.15) is 0 Å². The van der Waals surface area contributed by atoms with E-state index in [1.54, 1.807) is 0 Å². The van der Waals surface area contributed by atoms with Crippen molar-refractivity contribution in [3.05, 3.63) is 35.9 Å². The molecule has 3 nitrogen and oxygen atoms in total. The Bertz CT molecular complexity index is 179. The zero-order valence-corrected chi connectivity index (χ0v) is 6.28. The molecule has 0 rings (SSSR count). The van der Waals surface area contributed by atoms with E-state index in [1.165, 1.54) is 6.20 Å². The van der Waals surface area contributed by atoms with E-state index in [2.05, 4.69) is 18.5 Å². The quantitative estimate of drug-likeness (QED) is 0.528. The van der Waals surface area contributed by atoms with E-state index in [-0.39, 0.29) is 10.9 Å². The second-order valence-electron chi connectivity index (χ2n) is 1.58. The van der Waals surface area contributed by atoms with Crippen molar-refractivity contribution < 1.29 is 0 Å². The van der Waals surface area contributed by atoms with Gasteiger partial charge < -0.3 is 16.8 Å². The van der Waals surface area contributed by atoms with Crippen LogP contribution >= 0.6 is 11.6 Å².